The molecule has 1 heterocycles. The Balaban J connectivity index is 2.11. The Morgan fingerprint density at radius 1 is 1.38 bits per heavy atom. The number of benzene rings is 1. The summed E-state index contributed by atoms with van der Waals surface area (Å²) in [5.74, 6) is 1.31. The number of hydrogen-bond donors (Lipinski definition) is 0. The van der Waals surface area contributed by atoms with E-state index in [1.165, 1.54) is 0 Å². The molecule has 0 saturated carbocycles. The van der Waals surface area contributed by atoms with Crippen molar-refractivity contribution >= 4 is 21.7 Å². The van der Waals surface area contributed by atoms with E-state index in [0.717, 1.165) is 15.6 Å². The second-order valence-electron chi connectivity index (χ2n) is 5.92. The van der Waals surface area contributed by atoms with E-state index in [4.69, 9.17) is 4.52 Å². The molecular formula is C16H19BrN2O2. The summed E-state index contributed by atoms with van der Waals surface area (Å²) < 4.78 is 6.29. The molecule has 2 aromatic rings. The van der Waals surface area contributed by atoms with E-state index in [1.807, 2.05) is 39.0 Å². The smallest absolute Gasteiger partial charge is 0.226 e. The third-order valence-corrected chi connectivity index (χ3v) is 4.67. The van der Waals surface area contributed by atoms with Crippen LogP contribution in [0.25, 0.3) is 11.4 Å². The number of halogens is 1. The van der Waals surface area contributed by atoms with Crippen LogP contribution in [0.15, 0.2) is 27.2 Å². The van der Waals surface area contributed by atoms with Crippen LogP contribution in [0.5, 0.6) is 0 Å². The molecule has 0 atom stereocenters. The highest BCUT2D eigenvalue weighted by molar-refractivity contribution is 9.10. The molecule has 0 aliphatic rings. The maximum atomic E-state index is 11.5. The van der Waals surface area contributed by atoms with Gasteiger partial charge in [-0.3, -0.25) is 4.79 Å². The van der Waals surface area contributed by atoms with Crippen LogP contribution in [0.3, 0.4) is 0 Å². The van der Waals surface area contributed by atoms with Crippen LogP contribution in [0, 0.1) is 12.3 Å². The lowest BCUT2D eigenvalue weighted by Gasteiger charge is -2.19. The molecule has 2 rings (SSSR count). The molecule has 0 amide bonds. The normalized spacial score (nSPS) is 11.7. The average Bonchev–Trinajstić information content (AvgIpc) is 2.88. The lowest BCUT2D eigenvalue weighted by atomic mass is 9.84. The minimum atomic E-state index is -0.360. The van der Waals surface area contributed by atoms with Gasteiger partial charge in [-0.2, -0.15) is 4.98 Å². The maximum Gasteiger partial charge on any atom is 0.226 e. The van der Waals surface area contributed by atoms with Crippen molar-refractivity contribution in [3.05, 3.63) is 34.1 Å². The fourth-order valence-electron chi connectivity index (χ4n) is 1.80. The zero-order valence-corrected chi connectivity index (χ0v) is 14.3. The van der Waals surface area contributed by atoms with Gasteiger partial charge in [0.1, 0.15) is 5.78 Å². The molecule has 0 bridgehead atoms. The summed E-state index contributed by atoms with van der Waals surface area (Å²) in [6, 6.07) is 5.95. The summed E-state index contributed by atoms with van der Waals surface area (Å²) in [6.07, 6.45) is 1.30. The standard InChI is InChI=1S/C16H19BrN2O2/c1-10-5-6-12(9-13(10)17)15-18-14(21-19-15)7-8-16(3,4)11(2)20/h5-6,9H,7-8H2,1-4H3. The number of carbonyl (C=O) groups excluding carboxylic acids is 1. The predicted octanol–water partition coefficient (Wildman–Crippen LogP) is 4.36. The van der Waals surface area contributed by atoms with Crippen LogP contribution < -0.4 is 0 Å². The number of rotatable bonds is 5. The predicted molar refractivity (Wildman–Crippen MR) is 85.0 cm³/mol. The molecule has 0 radical (unpaired) electrons. The molecule has 0 saturated heterocycles. The van der Waals surface area contributed by atoms with Crippen molar-refractivity contribution in [2.75, 3.05) is 0 Å². The summed E-state index contributed by atoms with van der Waals surface area (Å²) in [7, 11) is 0. The van der Waals surface area contributed by atoms with E-state index in [0.29, 0.717) is 24.6 Å². The number of ketones is 1. The Bertz CT molecular complexity index is 662. The third-order valence-electron chi connectivity index (χ3n) is 3.82. The molecule has 112 valence electrons. The highest BCUT2D eigenvalue weighted by Crippen LogP contribution is 2.26. The zero-order chi connectivity index (χ0) is 15.6. The van der Waals surface area contributed by atoms with E-state index in [-0.39, 0.29) is 11.2 Å². The van der Waals surface area contributed by atoms with Gasteiger partial charge in [-0.25, -0.2) is 0 Å². The van der Waals surface area contributed by atoms with Gasteiger partial charge < -0.3 is 4.52 Å². The topological polar surface area (TPSA) is 56.0 Å². The molecule has 5 heteroatoms. The van der Waals surface area contributed by atoms with Crippen molar-refractivity contribution in [3.8, 4) is 11.4 Å². The first kappa shape index (κ1) is 15.9. The van der Waals surface area contributed by atoms with Crippen molar-refractivity contribution in [1.29, 1.82) is 0 Å². The molecule has 0 spiro atoms. The number of nitrogens with zero attached hydrogens (tertiary/aromatic N) is 2. The van der Waals surface area contributed by atoms with Crippen LogP contribution in [-0.2, 0) is 11.2 Å². The van der Waals surface area contributed by atoms with Crippen molar-refractivity contribution < 1.29 is 9.32 Å². The molecule has 1 aromatic heterocycles. The molecule has 0 fully saturated rings. The SMILES string of the molecule is CC(=O)C(C)(C)CCc1nc(-c2ccc(C)c(Br)c2)no1. The average molecular weight is 351 g/mol. The first-order valence-electron chi connectivity index (χ1n) is 6.90. The van der Waals surface area contributed by atoms with Crippen LogP contribution in [0.4, 0.5) is 0 Å². The van der Waals surface area contributed by atoms with Gasteiger partial charge in [-0.1, -0.05) is 47.1 Å². The minimum Gasteiger partial charge on any atom is -0.339 e. The quantitative estimate of drug-likeness (QED) is 0.803. The van der Waals surface area contributed by atoms with Gasteiger partial charge in [-0.15, -0.1) is 0 Å². The molecule has 21 heavy (non-hydrogen) atoms. The highest BCUT2D eigenvalue weighted by atomic mass is 79.9. The van der Waals surface area contributed by atoms with Crippen molar-refractivity contribution in [2.45, 2.75) is 40.5 Å². The Hall–Kier alpha value is -1.49. The molecule has 0 aliphatic carbocycles. The Morgan fingerprint density at radius 2 is 2.10 bits per heavy atom. The van der Waals surface area contributed by atoms with Gasteiger partial charge in [0.05, 0.1) is 0 Å². The zero-order valence-electron chi connectivity index (χ0n) is 12.7. The van der Waals surface area contributed by atoms with Gasteiger partial charge in [0, 0.05) is 21.9 Å². The molecule has 1 aromatic carbocycles. The first-order chi connectivity index (χ1) is 9.79. The number of aryl methyl sites for hydroxylation is 2. The second-order valence-corrected chi connectivity index (χ2v) is 6.77. The second kappa shape index (κ2) is 6.10. The van der Waals surface area contributed by atoms with Gasteiger partial charge in [-0.05, 0) is 31.9 Å². The Kier molecular flexibility index (Phi) is 4.61. The van der Waals surface area contributed by atoms with Crippen molar-refractivity contribution in [3.63, 3.8) is 0 Å². The molecule has 0 aliphatic heterocycles. The van der Waals surface area contributed by atoms with Crippen molar-refractivity contribution in [1.82, 2.24) is 10.1 Å². The van der Waals surface area contributed by atoms with E-state index in [1.54, 1.807) is 6.92 Å². The van der Waals surface area contributed by atoms with Gasteiger partial charge in [0.2, 0.25) is 11.7 Å². The molecular weight excluding hydrogens is 332 g/mol. The Morgan fingerprint density at radius 3 is 2.71 bits per heavy atom. The third kappa shape index (κ3) is 3.79. The van der Waals surface area contributed by atoms with Gasteiger partial charge in [0.25, 0.3) is 0 Å². The fraction of sp³-hybridized carbons (Fsp3) is 0.438. The Labute approximate surface area is 133 Å². The number of aromatic nitrogens is 2. The lowest BCUT2D eigenvalue weighted by molar-refractivity contribution is -0.125. The lowest BCUT2D eigenvalue weighted by Crippen LogP contribution is -2.21. The van der Waals surface area contributed by atoms with Gasteiger partial charge >= 0.3 is 0 Å². The number of carbonyl (C=O) groups is 1. The monoisotopic (exact) mass is 350 g/mol. The van der Waals surface area contributed by atoms with Crippen LogP contribution >= 0.6 is 15.9 Å². The van der Waals surface area contributed by atoms with Crippen LogP contribution in [-0.4, -0.2) is 15.9 Å². The van der Waals surface area contributed by atoms with E-state index in [2.05, 4.69) is 26.1 Å². The van der Waals surface area contributed by atoms with Gasteiger partial charge in [0.15, 0.2) is 0 Å². The van der Waals surface area contributed by atoms with E-state index in [9.17, 15) is 4.79 Å². The fourth-order valence-corrected chi connectivity index (χ4v) is 2.18. The summed E-state index contributed by atoms with van der Waals surface area (Å²) in [5, 5.41) is 4.01. The van der Waals surface area contributed by atoms with E-state index >= 15 is 0 Å². The summed E-state index contributed by atoms with van der Waals surface area (Å²) in [6.45, 7) is 7.51. The molecule has 0 unspecified atom stereocenters. The number of hydrogen-bond acceptors (Lipinski definition) is 4. The number of Topliss-reactive ketones (excluding diaryl/α,β-unsaturated/α-hetero) is 1. The van der Waals surface area contributed by atoms with Crippen molar-refractivity contribution in [2.24, 2.45) is 5.41 Å². The maximum absolute atomic E-state index is 11.5. The molecule has 0 N–H and O–H groups in total. The largest absolute Gasteiger partial charge is 0.339 e. The minimum absolute atomic E-state index is 0.171. The highest BCUT2D eigenvalue weighted by Gasteiger charge is 2.24. The molecule has 4 nitrogen and oxygen atoms in total. The summed E-state index contributed by atoms with van der Waals surface area (Å²) in [5.41, 5.74) is 1.71. The van der Waals surface area contributed by atoms with Crippen LogP contribution in [0.2, 0.25) is 0 Å². The summed E-state index contributed by atoms with van der Waals surface area (Å²) >= 11 is 3.50. The summed E-state index contributed by atoms with van der Waals surface area (Å²) in [4.78, 5) is 15.9. The van der Waals surface area contributed by atoms with Crippen LogP contribution in [0.1, 0.15) is 38.6 Å². The van der Waals surface area contributed by atoms with E-state index < -0.39 is 0 Å². The first-order valence-corrected chi connectivity index (χ1v) is 7.69.